The SMILES string of the molecule is CO/C=C/Nc1cc(=O)n(C)c2c1c(=O)n(C1CC1)c(=O)n2-c1ccccc1. The van der Waals surface area contributed by atoms with Crippen LogP contribution in [0.1, 0.15) is 18.9 Å². The van der Waals surface area contributed by atoms with Crippen LogP contribution in [0.2, 0.25) is 0 Å². The molecule has 0 amide bonds. The van der Waals surface area contributed by atoms with Crippen molar-refractivity contribution in [2.24, 2.45) is 7.05 Å². The predicted octanol–water partition coefficient (Wildman–Crippen LogP) is 1.72. The van der Waals surface area contributed by atoms with Crippen molar-refractivity contribution in [1.29, 1.82) is 0 Å². The molecule has 0 saturated heterocycles. The number of hydrogen-bond acceptors (Lipinski definition) is 5. The Morgan fingerprint density at radius 1 is 1.14 bits per heavy atom. The first-order chi connectivity index (χ1) is 13.5. The van der Waals surface area contributed by atoms with Crippen molar-refractivity contribution in [1.82, 2.24) is 13.7 Å². The monoisotopic (exact) mass is 380 g/mol. The summed E-state index contributed by atoms with van der Waals surface area (Å²) in [5.41, 5.74) is -0.0151. The molecule has 28 heavy (non-hydrogen) atoms. The fourth-order valence-corrected chi connectivity index (χ4v) is 3.33. The summed E-state index contributed by atoms with van der Waals surface area (Å²) < 4.78 is 8.93. The van der Waals surface area contributed by atoms with E-state index in [-0.39, 0.29) is 22.6 Å². The number of nitrogens with one attached hydrogen (secondary N) is 1. The second-order valence-electron chi connectivity index (χ2n) is 6.70. The van der Waals surface area contributed by atoms with Gasteiger partial charge in [0.15, 0.2) is 0 Å². The van der Waals surface area contributed by atoms with E-state index < -0.39 is 11.2 Å². The number of para-hydroxylation sites is 1. The standard InChI is InChI=1S/C20H20N4O4/c1-22-16(25)12-15(21-10-11-28-2)17-18(22)23(13-6-4-3-5-7-13)20(27)24(19(17)26)14-8-9-14/h3-7,10-12,14,21H,8-9H2,1-2H3/b11-10+. The number of pyridine rings is 1. The normalized spacial score (nSPS) is 13.9. The average molecular weight is 380 g/mol. The maximum atomic E-state index is 13.3. The quantitative estimate of drug-likeness (QED) is 0.681. The lowest BCUT2D eigenvalue weighted by atomic mass is 10.2. The minimum absolute atomic E-state index is 0.112. The highest BCUT2D eigenvalue weighted by Crippen LogP contribution is 2.33. The molecule has 1 N–H and O–H groups in total. The Morgan fingerprint density at radius 3 is 2.50 bits per heavy atom. The summed E-state index contributed by atoms with van der Waals surface area (Å²) >= 11 is 0. The maximum Gasteiger partial charge on any atom is 0.337 e. The molecular weight excluding hydrogens is 360 g/mol. The highest BCUT2D eigenvalue weighted by Gasteiger charge is 2.30. The van der Waals surface area contributed by atoms with Crippen LogP contribution in [0.4, 0.5) is 5.69 Å². The Balaban J connectivity index is 2.19. The van der Waals surface area contributed by atoms with Crippen LogP contribution in [0.3, 0.4) is 0 Å². The predicted molar refractivity (Wildman–Crippen MR) is 107 cm³/mol. The molecule has 1 aliphatic rings. The number of aromatic nitrogens is 3. The molecule has 2 aromatic heterocycles. The molecule has 144 valence electrons. The number of benzene rings is 1. The Morgan fingerprint density at radius 2 is 1.86 bits per heavy atom. The molecule has 1 aromatic carbocycles. The number of aryl methyl sites for hydroxylation is 1. The Hall–Kier alpha value is -3.55. The van der Waals surface area contributed by atoms with Crippen molar-refractivity contribution in [3.63, 3.8) is 0 Å². The summed E-state index contributed by atoms with van der Waals surface area (Å²) in [6, 6.07) is 10.2. The van der Waals surface area contributed by atoms with E-state index in [4.69, 9.17) is 4.74 Å². The van der Waals surface area contributed by atoms with Crippen LogP contribution in [0.25, 0.3) is 16.7 Å². The van der Waals surface area contributed by atoms with Gasteiger partial charge in [-0.3, -0.25) is 18.7 Å². The van der Waals surface area contributed by atoms with Crippen LogP contribution >= 0.6 is 0 Å². The van der Waals surface area contributed by atoms with Gasteiger partial charge in [-0.25, -0.2) is 9.36 Å². The van der Waals surface area contributed by atoms with Crippen LogP contribution in [0.15, 0.2) is 63.2 Å². The van der Waals surface area contributed by atoms with Crippen LogP contribution in [-0.4, -0.2) is 20.8 Å². The average Bonchev–Trinajstić information content (AvgIpc) is 3.51. The van der Waals surface area contributed by atoms with Crippen LogP contribution < -0.4 is 22.1 Å². The van der Waals surface area contributed by atoms with E-state index in [0.29, 0.717) is 11.4 Å². The zero-order valence-corrected chi connectivity index (χ0v) is 15.6. The largest absolute Gasteiger partial charge is 0.503 e. The van der Waals surface area contributed by atoms with Gasteiger partial charge in [0, 0.05) is 25.4 Å². The summed E-state index contributed by atoms with van der Waals surface area (Å²) in [5, 5.41) is 3.21. The third kappa shape index (κ3) is 2.83. The molecule has 0 unspecified atom stereocenters. The molecule has 1 saturated carbocycles. The smallest absolute Gasteiger partial charge is 0.337 e. The highest BCUT2D eigenvalue weighted by atomic mass is 16.5. The molecule has 0 spiro atoms. The summed E-state index contributed by atoms with van der Waals surface area (Å²) in [7, 11) is 3.05. The van der Waals surface area contributed by atoms with Gasteiger partial charge in [-0.1, -0.05) is 18.2 Å². The number of hydrogen-bond donors (Lipinski definition) is 1. The highest BCUT2D eigenvalue weighted by molar-refractivity contribution is 5.89. The van der Waals surface area contributed by atoms with Crippen LogP contribution in [-0.2, 0) is 11.8 Å². The maximum absolute atomic E-state index is 13.3. The second kappa shape index (κ2) is 6.88. The van der Waals surface area contributed by atoms with Crippen molar-refractivity contribution in [3.05, 3.63) is 80.1 Å². The molecule has 1 aliphatic carbocycles. The lowest BCUT2D eigenvalue weighted by Crippen LogP contribution is -2.41. The molecule has 0 atom stereocenters. The molecule has 0 aliphatic heterocycles. The van der Waals surface area contributed by atoms with E-state index in [1.165, 1.54) is 39.3 Å². The van der Waals surface area contributed by atoms with Gasteiger partial charge in [-0.05, 0) is 25.0 Å². The molecule has 0 bridgehead atoms. The molecule has 3 aromatic rings. The molecule has 2 heterocycles. The van der Waals surface area contributed by atoms with Gasteiger partial charge < -0.3 is 10.1 Å². The summed E-state index contributed by atoms with van der Waals surface area (Å²) in [6.07, 6.45) is 4.46. The molecule has 8 nitrogen and oxygen atoms in total. The van der Waals surface area contributed by atoms with Gasteiger partial charge in [0.1, 0.15) is 11.0 Å². The Labute approximate surface area is 159 Å². The number of methoxy groups -OCH3 is 1. The first-order valence-corrected chi connectivity index (χ1v) is 8.95. The first-order valence-electron chi connectivity index (χ1n) is 8.95. The van der Waals surface area contributed by atoms with Crippen molar-refractivity contribution in [2.45, 2.75) is 18.9 Å². The number of nitrogens with zero attached hydrogens (tertiary/aromatic N) is 3. The minimum Gasteiger partial charge on any atom is -0.503 e. The van der Waals surface area contributed by atoms with E-state index in [9.17, 15) is 14.4 Å². The van der Waals surface area contributed by atoms with Crippen molar-refractivity contribution < 1.29 is 4.74 Å². The van der Waals surface area contributed by atoms with Crippen LogP contribution in [0.5, 0.6) is 0 Å². The van der Waals surface area contributed by atoms with Crippen molar-refractivity contribution in [2.75, 3.05) is 12.4 Å². The minimum atomic E-state index is -0.439. The fraction of sp³-hybridized carbons (Fsp3) is 0.250. The van der Waals surface area contributed by atoms with Crippen molar-refractivity contribution in [3.8, 4) is 5.69 Å². The molecule has 8 heteroatoms. The van der Waals surface area contributed by atoms with E-state index >= 15 is 0 Å². The van der Waals surface area contributed by atoms with Gasteiger partial charge in [-0.2, -0.15) is 0 Å². The summed E-state index contributed by atoms with van der Waals surface area (Å²) in [6.45, 7) is 0. The van der Waals surface area contributed by atoms with E-state index in [0.717, 1.165) is 12.8 Å². The molecule has 4 rings (SSSR count). The van der Waals surface area contributed by atoms with Gasteiger partial charge in [0.2, 0.25) is 0 Å². The number of anilines is 1. The molecule has 0 radical (unpaired) electrons. The topological polar surface area (TPSA) is 87.3 Å². The lowest BCUT2D eigenvalue weighted by Gasteiger charge is -2.18. The zero-order chi connectivity index (χ0) is 19.8. The second-order valence-corrected chi connectivity index (χ2v) is 6.70. The fourth-order valence-electron chi connectivity index (χ4n) is 3.33. The third-order valence-corrected chi connectivity index (χ3v) is 4.82. The first kappa shape index (κ1) is 17.8. The molecule has 1 fully saturated rings. The van der Waals surface area contributed by atoms with Crippen molar-refractivity contribution >= 4 is 16.7 Å². The Bertz CT molecular complexity index is 1250. The van der Waals surface area contributed by atoms with Gasteiger partial charge >= 0.3 is 5.69 Å². The van der Waals surface area contributed by atoms with E-state index in [2.05, 4.69) is 5.32 Å². The molecular formula is C20H20N4O4. The van der Waals surface area contributed by atoms with Gasteiger partial charge in [-0.15, -0.1) is 0 Å². The van der Waals surface area contributed by atoms with Crippen LogP contribution in [0, 0.1) is 0 Å². The number of ether oxygens (including phenoxy) is 1. The zero-order valence-electron chi connectivity index (χ0n) is 15.6. The number of fused-ring (bicyclic) bond motifs is 1. The third-order valence-electron chi connectivity index (χ3n) is 4.82. The van der Waals surface area contributed by atoms with E-state index in [1.807, 2.05) is 18.2 Å². The lowest BCUT2D eigenvalue weighted by molar-refractivity contribution is 0.337. The summed E-state index contributed by atoms with van der Waals surface area (Å²) in [4.78, 5) is 39.1. The summed E-state index contributed by atoms with van der Waals surface area (Å²) in [5.74, 6) is 0. The van der Waals surface area contributed by atoms with Gasteiger partial charge in [0.25, 0.3) is 11.1 Å². The Kier molecular flexibility index (Phi) is 4.38. The van der Waals surface area contributed by atoms with Gasteiger partial charge in [0.05, 0.1) is 24.7 Å². The number of rotatable bonds is 5. The van der Waals surface area contributed by atoms with E-state index in [1.54, 1.807) is 19.2 Å².